The number of rotatable bonds is 8. The van der Waals surface area contributed by atoms with E-state index in [1.54, 1.807) is 0 Å². The molecule has 1 atom stereocenters. The predicted molar refractivity (Wildman–Crippen MR) is 81.2 cm³/mol. The molecule has 1 rings (SSSR count). The van der Waals surface area contributed by atoms with Gasteiger partial charge >= 0.3 is 0 Å². The third-order valence-electron chi connectivity index (χ3n) is 3.72. The third kappa shape index (κ3) is 5.19. The Bertz CT molecular complexity index is 364. The largest absolute Gasteiger partial charge is 0.374 e. The maximum absolute atomic E-state index is 12.9. The van der Waals surface area contributed by atoms with Crippen LogP contribution in [0.2, 0.25) is 0 Å². The zero-order valence-electron chi connectivity index (χ0n) is 12.7. The average Bonchev–Trinajstić information content (AvgIpc) is 2.39. The standard InChI is InChI=1S/C16H27FN2/c1-5-11-18-12-16(3,6-2)13-19(4)15-9-7-14(17)8-10-15/h7-10,18H,5-6,11-13H2,1-4H3. The molecule has 1 aromatic rings. The van der Waals surface area contributed by atoms with E-state index in [1.165, 1.54) is 12.1 Å². The Kier molecular flexibility index (Phi) is 6.29. The van der Waals surface area contributed by atoms with Crippen LogP contribution < -0.4 is 10.2 Å². The number of hydrogen-bond acceptors (Lipinski definition) is 2. The molecule has 0 aromatic heterocycles. The molecule has 19 heavy (non-hydrogen) atoms. The van der Waals surface area contributed by atoms with Crippen molar-refractivity contribution in [2.75, 3.05) is 31.6 Å². The van der Waals surface area contributed by atoms with Gasteiger partial charge in [-0.15, -0.1) is 0 Å². The summed E-state index contributed by atoms with van der Waals surface area (Å²) in [6.45, 7) is 9.76. The van der Waals surface area contributed by atoms with Crippen molar-refractivity contribution in [1.29, 1.82) is 0 Å². The minimum Gasteiger partial charge on any atom is -0.374 e. The van der Waals surface area contributed by atoms with Crippen LogP contribution in [0.3, 0.4) is 0 Å². The van der Waals surface area contributed by atoms with E-state index in [0.29, 0.717) is 0 Å². The van der Waals surface area contributed by atoms with Crippen molar-refractivity contribution in [2.24, 2.45) is 5.41 Å². The third-order valence-corrected chi connectivity index (χ3v) is 3.72. The molecular weight excluding hydrogens is 239 g/mol. The Balaban J connectivity index is 2.61. The summed E-state index contributed by atoms with van der Waals surface area (Å²) in [7, 11) is 2.07. The molecule has 0 heterocycles. The molecular formula is C16H27FN2. The van der Waals surface area contributed by atoms with Crippen molar-refractivity contribution < 1.29 is 4.39 Å². The lowest BCUT2D eigenvalue weighted by Gasteiger charge is -2.34. The monoisotopic (exact) mass is 266 g/mol. The van der Waals surface area contributed by atoms with Crippen molar-refractivity contribution in [2.45, 2.75) is 33.6 Å². The summed E-state index contributed by atoms with van der Waals surface area (Å²) in [6, 6.07) is 6.71. The van der Waals surface area contributed by atoms with E-state index in [2.05, 4.69) is 38.0 Å². The van der Waals surface area contributed by atoms with Crippen LogP contribution in [-0.4, -0.2) is 26.7 Å². The molecule has 1 unspecified atom stereocenters. The number of nitrogens with zero attached hydrogens (tertiary/aromatic N) is 1. The van der Waals surface area contributed by atoms with Crippen molar-refractivity contribution in [3.63, 3.8) is 0 Å². The van der Waals surface area contributed by atoms with E-state index in [4.69, 9.17) is 0 Å². The van der Waals surface area contributed by atoms with Gasteiger partial charge in [0.15, 0.2) is 0 Å². The number of hydrogen-bond donors (Lipinski definition) is 1. The van der Waals surface area contributed by atoms with Gasteiger partial charge in [0, 0.05) is 25.8 Å². The summed E-state index contributed by atoms with van der Waals surface area (Å²) < 4.78 is 12.9. The normalized spacial score (nSPS) is 14.2. The fraction of sp³-hybridized carbons (Fsp3) is 0.625. The van der Waals surface area contributed by atoms with Gasteiger partial charge in [-0.1, -0.05) is 20.8 Å². The Labute approximate surface area is 117 Å². The average molecular weight is 266 g/mol. The Morgan fingerprint density at radius 2 is 1.84 bits per heavy atom. The first kappa shape index (κ1) is 16.0. The van der Waals surface area contributed by atoms with Crippen molar-refractivity contribution in [1.82, 2.24) is 5.32 Å². The first-order chi connectivity index (χ1) is 9.00. The van der Waals surface area contributed by atoms with Crippen LogP contribution >= 0.6 is 0 Å². The highest BCUT2D eigenvalue weighted by Gasteiger charge is 2.23. The quantitative estimate of drug-likeness (QED) is 0.722. The lowest BCUT2D eigenvalue weighted by atomic mass is 9.86. The van der Waals surface area contributed by atoms with Crippen LogP contribution in [0.5, 0.6) is 0 Å². The molecule has 0 spiro atoms. The highest BCUT2D eigenvalue weighted by Crippen LogP contribution is 2.24. The smallest absolute Gasteiger partial charge is 0.123 e. The van der Waals surface area contributed by atoms with Crippen LogP contribution in [0.25, 0.3) is 0 Å². The first-order valence-corrected chi connectivity index (χ1v) is 7.18. The molecule has 0 aliphatic carbocycles. The van der Waals surface area contributed by atoms with Gasteiger partial charge in [-0.2, -0.15) is 0 Å². The number of anilines is 1. The summed E-state index contributed by atoms with van der Waals surface area (Å²) in [4.78, 5) is 2.20. The highest BCUT2D eigenvalue weighted by atomic mass is 19.1. The van der Waals surface area contributed by atoms with Gasteiger partial charge in [-0.05, 0) is 49.1 Å². The molecule has 1 aromatic carbocycles. The fourth-order valence-electron chi connectivity index (χ4n) is 2.22. The second-order valence-corrected chi connectivity index (χ2v) is 5.67. The summed E-state index contributed by atoms with van der Waals surface area (Å²) in [5.74, 6) is -0.181. The Hall–Kier alpha value is -1.09. The summed E-state index contributed by atoms with van der Waals surface area (Å²) in [6.07, 6.45) is 2.28. The Morgan fingerprint density at radius 3 is 2.37 bits per heavy atom. The zero-order chi connectivity index (χ0) is 14.3. The van der Waals surface area contributed by atoms with E-state index in [9.17, 15) is 4.39 Å². The van der Waals surface area contributed by atoms with Gasteiger partial charge in [0.25, 0.3) is 0 Å². The van der Waals surface area contributed by atoms with Gasteiger partial charge in [0.1, 0.15) is 5.82 Å². The van der Waals surface area contributed by atoms with Crippen LogP contribution in [0.1, 0.15) is 33.6 Å². The van der Waals surface area contributed by atoms with Crippen molar-refractivity contribution in [3.05, 3.63) is 30.1 Å². The maximum Gasteiger partial charge on any atom is 0.123 e. The van der Waals surface area contributed by atoms with Crippen molar-refractivity contribution in [3.8, 4) is 0 Å². The number of benzene rings is 1. The van der Waals surface area contributed by atoms with Gasteiger partial charge in [-0.25, -0.2) is 4.39 Å². The van der Waals surface area contributed by atoms with E-state index in [1.807, 2.05) is 12.1 Å². The van der Waals surface area contributed by atoms with Crippen LogP contribution in [0.4, 0.5) is 10.1 Å². The summed E-state index contributed by atoms with van der Waals surface area (Å²) in [5, 5.41) is 3.51. The van der Waals surface area contributed by atoms with E-state index >= 15 is 0 Å². The first-order valence-electron chi connectivity index (χ1n) is 7.18. The molecule has 0 bridgehead atoms. The SMILES string of the molecule is CCCNCC(C)(CC)CN(C)c1ccc(F)cc1. The second-order valence-electron chi connectivity index (χ2n) is 5.67. The molecule has 0 saturated carbocycles. The van der Waals surface area contributed by atoms with E-state index in [0.717, 1.165) is 38.2 Å². The molecule has 108 valence electrons. The number of halogens is 1. The lowest BCUT2D eigenvalue weighted by molar-refractivity contribution is 0.299. The maximum atomic E-state index is 12.9. The lowest BCUT2D eigenvalue weighted by Crippen LogP contribution is -2.41. The molecule has 0 saturated heterocycles. The molecule has 2 nitrogen and oxygen atoms in total. The molecule has 1 N–H and O–H groups in total. The van der Waals surface area contributed by atoms with Crippen LogP contribution in [0.15, 0.2) is 24.3 Å². The minimum atomic E-state index is -0.181. The van der Waals surface area contributed by atoms with Gasteiger partial charge in [-0.3, -0.25) is 0 Å². The van der Waals surface area contributed by atoms with E-state index in [-0.39, 0.29) is 11.2 Å². The topological polar surface area (TPSA) is 15.3 Å². The number of nitrogens with one attached hydrogen (secondary N) is 1. The summed E-state index contributed by atoms with van der Waals surface area (Å²) in [5.41, 5.74) is 1.30. The minimum absolute atomic E-state index is 0.181. The van der Waals surface area contributed by atoms with Gasteiger partial charge in [0.2, 0.25) is 0 Å². The van der Waals surface area contributed by atoms with Gasteiger partial charge in [0.05, 0.1) is 0 Å². The summed E-state index contributed by atoms with van der Waals surface area (Å²) >= 11 is 0. The predicted octanol–water partition coefficient (Wildman–Crippen LogP) is 3.68. The molecule has 0 aliphatic rings. The highest BCUT2D eigenvalue weighted by molar-refractivity contribution is 5.45. The molecule has 0 radical (unpaired) electrons. The molecule has 0 aliphatic heterocycles. The molecule has 0 fully saturated rings. The van der Waals surface area contributed by atoms with Crippen LogP contribution in [-0.2, 0) is 0 Å². The van der Waals surface area contributed by atoms with E-state index < -0.39 is 0 Å². The second kappa shape index (κ2) is 7.49. The van der Waals surface area contributed by atoms with Crippen molar-refractivity contribution >= 4 is 5.69 Å². The van der Waals surface area contributed by atoms with Crippen LogP contribution in [0, 0.1) is 11.2 Å². The Morgan fingerprint density at radius 1 is 1.21 bits per heavy atom. The fourth-order valence-corrected chi connectivity index (χ4v) is 2.22. The molecule has 3 heteroatoms. The van der Waals surface area contributed by atoms with Gasteiger partial charge < -0.3 is 10.2 Å². The zero-order valence-corrected chi connectivity index (χ0v) is 12.7. The molecule has 0 amide bonds.